The Bertz CT molecular complexity index is 355. The number of hydrogen-bond donors (Lipinski definition) is 1. The van der Waals surface area contributed by atoms with E-state index in [2.05, 4.69) is 36.1 Å². The number of anilines is 1. The van der Waals surface area contributed by atoms with Gasteiger partial charge in [-0.05, 0) is 41.9 Å². The van der Waals surface area contributed by atoms with Gasteiger partial charge < -0.3 is 10.2 Å². The van der Waals surface area contributed by atoms with Gasteiger partial charge in [0.1, 0.15) is 17.3 Å². The Morgan fingerprint density at radius 3 is 2.88 bits per heavy atom. The first-order valence-electron chi connectivity index (χ1n) is 5.39. The Labute approximate surface area is 109 Å². The van der Waals surface area contributed by atoms with Crippen molar-refractivity contribution in [1.82, 2.24) is 14.9 Å². The highest BCUT2D eigenvalue weighted by atomic mass is 79.9. The Kier molecular flexibility index (Phi) is 4.37. The van der Waals surface area contributed by atoms with Crippen molar-refractivity contribution in [3.8, 4) is 0 Å². The molecule has 16 heavy (non-hydrogen) atoms. The summed E-state index contributed by atoms with van der Waals surface area (Å²) < 4.78 is 0.734. The molecule has 0 radical (unpaired) electrons. The number of hydrogen-bond acceptors (Lipinski definition) is 4. The number of nitrogens with zero attached hydrogens (tertiary/aromatic N) is 3. The molecule has 0 unspecified atom stereocenters. The second-order valence-corrected chi connectivity index (χ2v) is 4.95. The molecule has 1 aromatic rings. The van der Waals surface area contributed by atoms with Crippen molar-refractivity contribution in [3.63, 3.8) is 0 Å². The number of halogens is 2. The minimum Gasteiger partial charge on any atom is -0.368 e. The van der Waals surface area contributed by atoms with Crippen LogP contribution in [0.25, 0.3) is 0 Å². The molecule has 0 atom stereocenters. The van der Waals surface area contributed by atoms with Gasteiger partial charge in [-0.1, -0.05) is 11.6 Å². The lowest BCUT2D eigenvalue weighted by Crippen LogP contribution is -2.26. The van der Waals surface area contributed by atoms with Gasteiger partial charge >= 0.3 is 0 Å². The van der Waals surface area contributed by atoms with E-state index in [1.54, 1.807) is 0 Å². The van der Waals surface area contributed by atoms with Crippen molar-refractivity contribution >= 4 is 33.3 Å². The maximum absolute atomic E-state index is 5.87. The van der Waals surface area contributed by atoms with Crippen LogP contribution in [-0.2, 0) is 0 Å². The van der Waals surface area contributed by atoms with Crippen molar-refractivity contribution in [3.05, 3.63) is 16.0 Å². The smallest absolute Gasteiger partial charge is 0.148 e. The van der Waals surface area contributed by atoms with E-state index in [4.69, 9.17) is 11.6 Å². The van der Waals surface area contributed by atoms with E-state index >= 15 is 0 Å². The molecule has 1 fully saturated rings. The van der Waals surface area contributed by atoms with Gasteiger partial charge in [-0.25, -0.2) is 9.97 Å². The summed E-state index contributed by atoms with van der Waals surface area (Å²) >= 11 is 9.23. The number of likely N-dealkylation sites (tertiary alicyclic amines) is 1. The molecule has 88 valence electrons. The third kappa shape index (κ3) is 3.06. The first-order valence-corrected chi connectivity index (χ1v) is 6.56. The van der Waals surface area contributed by atoms with E-state index in [0.717, 1.165) is 23.4 Å². The fourth-order valence-electron chi connectivity index (χ4n) is 1.81. The standard InChI is InChI=1S/C10H14BrClN4/c11-8-9(12)14-7-15-10(8)13-3-6-16-4-1-2-5-16/h7H,1-6H2,(H,13,14,15). The third-order valence-corrected chi connectivity index (χ3v) is 3.93. The van der Waals surface area contributed by atoms with Gasteiger partial charge in [0.2, 0.25) is 0 Å². The average molecular weight is 306 g/mol. The average Bonchev–Trinajstić information content (AvgIpc) is 2.77. The molecule has 1 aromatic heterocycles. The Hall–Kier alpha value is -0.390. The van der Waals surface area contributed by atoms with Crippen molar-refractivity contribution in [1.29, 1.82) is 0 Å². The van der Waals surface area contributed by atoms with Crippen LogP contribution < -0.4 is 5.32 Å². The highest BCUT2D eigenvalue weighted by Crippen LogP contribution is 2.25. The van der Waals surface area contributed by atoms with Crippen molar-refractivity contribution in [2.24, 2.45) is 0 Å². The van der Waals surface area contributed by atoms with Crippen LogP contribution >= 0.6 is 27.5 Å². The monoisotopic (exact) mass is 304 g/mol. The SMILES string of the molecule is Clc1ncnc(NCCN2CCCC2)c1Br. The predicted octanol–water partition coefficient (Wildman–Crippen LogP) is 2.40. The van der Waals surface area contributed by atoms with Gasteiger partial charge in [0, 0.05) is 13.1 Å². The summed E-state index contributed by atoms with van der Waals surface area (Å²) in [6, 6.07) is 0. The molecule has 1 saturated heterocycles. The topological polar surface area (TPSA) is 41.1 Å². The van der Waals surface area contributed by atoms with Crippen LogP contribution in [0.1, 0.15) is 12.8 Å². The summed E-state index contributed by atoms with van der Waals surface area (Å²) in [6.07, 6.45) is 4.11. The first kappa shape index (κ1) is 12.1. The van der Waals surface area contributed by atoms with Crippen LogP contribution in [-0.4, -0.2) is 41.0 Å². The van der Waals surface area contributed by atoms with Crippen LogP contribution in [0.15, 0.2) is 10.8 Å². The molecule has 0 saturated carbocycles. The van der Waals surface area contributed by atoms with E-state index in [-0.39, 0.29) is 0 Å². The quantitative estimate of drug-likeness (QED) is 0.867. The molecule has 1 N–H and O–H groups in total. The summed E-state index contributed by atoms with van der Waals surface area (Å²) in [6.45, 7) is 4.36. The molecule has 2 rings (SSSR count). The van der Waals surface area contributed by atoms with Crippen molar-refractivity contribution in [2.75, 3.05) is 31.5 Å². The zero-order chi connectivity index (χ0) is 11.4. The van der Waals surface area contributed by atoms with Crippen LogP contribution in [0.5, 0.6) is 0 Å². The van der Waals surface area contributed by atoms with E-state index in [9.17, 15) is 0 Å². The molecule has 4 nitrogen and oxygen atoms in total. The Morgan fingerprint density at radius 1 is 1.38 bits per heavy atom. The van der Waals surface area contributed by atoms with Gasteiger partial charge in [-0.15, -0.1) is 0 Å². The largest absolute Gasteiger partial charge is 0.368 e. The van der Waals surface area contributed by atoms with Gasteiger partial charge in [-0.2, -0.15) is 0 Å². The van der Waals surface area contributed by atoms with Gasteiger partial charge in [0.05, 0.1) is 4.47 Å². The summed E-state index contributed by atoms with van der Waals surface area (Å²) in [5.41, 5.74) is 0. The van der Waals surface area contributed by atoms with E-state index < -0.39 is 0 Å². The molecule has 0 bridgehead atoms. The summed E-state index contributed by atoms with van der Waals surface area (Å²) in [7, 11) is 0. The van der Waals surface area contributed by atoms with Gasteiger partial charge in [0.15, 0.2) is 0 Å². The highest BCUT2D eigenvalue weighted by Gasteiger charge is 2.11. The zero-order valence-corrected chi connectivity index (χ0v) is 11.3. The molecular weight excluding hydrogens is 291 g/mol. The van der Waals surface area contributed by atoms with E-state index in [1.807, 2.05) is 0 Å². The summed E-state index contributed by atoms with van der Waals surface area (Å²) in [5.74, 6) is 0.763. The van der Waals surface area contributed by atoms with Crippen LogP contribution in [0.4, 0.5) is 5.82 Å². The molecule has 2 heterocycles. The number of aromatic nitrogens is 2. The maximum Gasteiger partial charge on any atom is 0.148 e. The molecule has 0 spiro atoms. The first-order chi connectivity index (χ1) is 7.77. The summed E-state index contributed by atoms with van der Waals surface area (Å²) in [4.78, 5) is 10.5. The highest BCUT2D eigenvalue weighted by molar-refractivity contribution is 9.10. The molecule has 0 aromatic carbocycles. The minimum absolute atomic E-state index is 0.443. The second-order valence-electron chi connectivity index (χ2n) is 3.80. The molecule has 0 amide bonds. The molecule has 0 aliphatic carbocycles. The Morgan fingerprint density at radius 2 is 2.12 bits per heavy atom. The lowest BCUT2D eigenvalue weighted by molar-refractivity contribution is 0.352. The second kappa shape index (κ2) is 5.80. The third-order valence-electron chi connectivity index (χ3n) is 2.67. The van der Waals surface area contributed by atoms with Crippen molar-refractivity contribution in [2.45, 2.75) is 12.8 Å². The summed E-state index contributed by atoms with van der Waals surface area (Å²) in [5, 5.41) is 3.70. The van der Waals surface area contributed by atoms with Crippen LogP contribution in [0.3, 0.4) is 0 Å². The zero-order valence-electron chi connectivity index (χ0n) is 8.92. The van der Waals surface area contributed by atoms with Gasteiger partial charge in [0.25, 0.3) is 0 Å². The predicted molar refractivity (Wildman–Crippen MR) is 68.9 cm³/mol. The number of nitrogens with one attached hydrogen (secondary N) is 1. The maximum atomic E-state index is 5.87. The van der Waals surface area contributed by atoms with E-state index in [0.29, 0.717) is 5.15 Å². The fraction of sp³-hybridized carbons (Fsp3) is 0.600. The minimum atomic E-state index is 0.443. The number of rotatable bonds is 4. The Balaban J connectivity index is 1.82. The molecule has 6 heteroatoms. The van der Waals surface area contributed by atoms with Crippen LogP contribution in [0.2, 0.25) is 5.15 Å². The van der Waals surface area contributed by atoms with Crippen LogP contribution in [0, 0.1) is 0 Å². The lowest BCUT2D eigenvalue weighted by atomic mass is 10.4. The fourth-order valence-corrected chi connectivity index (χ4v) is 2.29. The lowest BCUT2D eigenvalue weighted by Gasteiger charge is -2.15. The van der Waals surface area contributed by atoms with E-state index in [1.165, 1.54) is 32.3 Å². The van der Waals surface area contributed by atoms with Gasteiger partial charge in [-0.3, -0.25) is 0 Å². The van der Waals surface area contributed by atoms with Crippen molar-refractivity contribution < 1.29 is 0 Å². The molecule has 1 aliphatic heterocycles. The molecule has 1 aliphatic rings. The normalized spacial score (nSPS) is 16.6. The molecular formula is C10H14BrClN4.